The van der Waals surface area contributed by atoms with Crippen LogP contribution in [0.25, 0.3) is 22.2 Å². The van der Waals surface area contributed by atoms with Crippen molar-refractivity contribution in [3.05, 3.63) is 84.4 Å². The van der Waals surface area contributed by atoms with Gasteiger partial charge in [0.2, 0.25) is 5.91 Å². The van der Waals surface area contributed by atoms with Crippen LogP contribution in [0.4, 0.5) is 5.69 Å². The van der Waals surface area contributed by atoms with E-state index in [-0.39, 0.29) is 18.9 Å². The smallest absolute Gasteiger partial charge is 0.343 e. The summed E-state index contributed by atoms with van der Waals surface area (Å²) in [7, 11) is 2.91. The van der Waals surface area contributed by atoms with E-state index in [2.05, 4.69) is 5.32 Å². The number of rotatable bonds is 8. The number of nitrogens with one attached hydrogen (secondary N) is 1. The molecule has 1 aromatic heterocycles. The first kappa shape index (κ1) is 22.8. The van der Waals surface area contributed by atoms with E-state index in [9.17, 15) is 9.59 Å². The van der Waals surface area contributed by atoms with Crippen LogP contribution in [-0.2, 0) is 20.7 Å². The molecule has 0 bridgehead atoms. The molecule has 172 valence electrons. The highest BCUT2D eigenvalue weighted by Gasteiger charge is 2.13. The number of hydrogen-bond acceptors (Lipinski definition) is 6. The number of nitrogens with zero attached hydrogens (tertiary/aromatic N) is 1. The zero-order valence-electron chi connectivity index (χ0n) is 18.9. The van der Waals surface area contributed by atoms with Crippen molar-refractivity contribution in [2.24, 2.45) is 0 Å². The molecule has 7 heteroatoms. The summed E-state index contributed by atoms with van der Waals surface area (Å²) in [5.41, 5.74) is 3.74. The lowest BCUT2D eigenvalue weighted by atomic mass is 10.1. The summed E-state index contributed by atoms with van der Waals surface area (Å²) in [4.78, 5) is 29.0. The van der Waals surface area contributed by atoms with Gasteiger partial charge in [0.25, 0.3) is 0 Å². The van der Waals surface area contributed by atoms with Crippen molar-refractivity contribution >= 4 is 28.5 Å². The molecule has 0 unspecified atom stereocenters. The van der Waals surface area contributed by atoms with Gasteiger partial charge in [0, 0.05) is 22.7 Å². The Kier molecular flexibility index (Phi) is 7.03. The van der Waals surface area contributed by atoms with Gasteiger partial charge in [-0.3, -0.25) is 4.79 Å². The molecule has 0 fully saturated rings. The molecule has 0 saturated heterocycles. The van der Waals surface area contributed by atoms with Gasteiger partial charge in [-0.1, -0.05) is 30.3 Å². The average molecular weight is 456 g/mol. The molecular formula is C27H24N2O5. The number of ether oxygens (including phenoxy) is 3. The minimum Gasteiger partial charge on any atom is -0.497 e. The monoisotopic (exact) mass is 456 g/mol. The normalized spacial score (nSPS) is 10.5. The molecule has 0 atom stereocenters. The van der Waals surface area contributed by atoms with Crippen LogP contribution >= 0.6 is 0 Å². The quantitative estimate of drug-likeness (QED) is 0.389. The van der Waals surface area contributed by atoms with Gasteiger partial charge in [0.05, 0.1) is 31.9 Å². The largest absolute Gasteiger partial charge is 0.497 e. The van der Waals surface area contributed by atoms with Crippen molar-refractivity contribution in [3.63, 3.8) is 0 Å². The molecule has 0 aliphatic rings. The fourth-order valence-corrected chi connectivity index (χ4v) is 3.48. The van der Waals surface area contributed by atoms with Gasteiger partial charge < -0.3 is 19.5 Å². The van der Waals surface area contributed by atoms with Crippen LogP contribution in [-0.4, -0.2) is 37.7 Å². The van der Waals surface area contributed by atoms with Gasteiger partial charge in [-0.2, -0.15) is 0 Å². The molecule has 4 rings (SSSR count). The van der Waals surface area contributed by atoms with Crippen LogP contribution in [0.2, 0.25) is 0 Å². The number of amides is 1. The van der Waals surface area contributed by atoms with Gasteiger partial charge in [0.15, 0.2) is 6.61 Å². The zero-order chi connectivity index (χ0) is 23.9. The first-order valence-electron chi connectivity index (χ1n) is 10.7. The van der Waals surface area contributed by atoms with E-state index in [1.165, 1.54) is 7.11 Å². The fraction of sp³-hybridized carbons (Fsp3) is 0.148. The van der Waals surface area contributed by atoms with Crippen LogP contribution < -0.4 is 14.8 Å². The zero-order valence-corrected chi connectivity index (χ0v) is 18.9. The molecule has 0 radical (unpaired) electrons. The van der Waals surface area contributed by atoms with Crippen LogP contribution in [0.1, 0.15) is 5.56 Å². The molecular weight excluding hydrogens is 432 g/mol. The number of hydrogen-bond donors (Lipinski definition) is 1. The van der Waals surface area contributed by atoms with Crippen molar-refractivity contribution in [2.45, 2.75) is 6.42 Å². The van der Waals surface area contributed by atoms with Gasteiger partial charge in [-0.25, -0.2) is 9.78 Å². The lowest BCUT2D eigenvalue weighted by Crippen LogP contribution is -2.14. The van der Waals surface area contributed by atoms with Crippen molar-refractivity contribution in [2.75, 3.05) is 26.1 Å². The number of pyridine rings is 1. The second kappa shape index (κ2) is 10.5. The van der Waals surface area contributed by atoms with Gasteiger partial charge >= 0.3 is 5.97 Å². The van der Waals surface area contributed by atoms with E-state index in [4.69, 9.17) is 19.2 Å². The maximum absolute atomic E-state index is 12.5. The summed E-state index contributed by atoms with van der Waals surface area (Å²) in [5, 5.41) is 3.58. The van der Waals surface area contributed by atoms with Crippen molar-refractivity contribution in [1.29, 1.82) is 0 Å². The minimum atomic E-state index is -0.497. The maximum atomic E-state index is 12.5. The van der Waals surface area contributed by atoms with Gasteiger partial charge in [-0.05, 0) is 48.0 Å². The standard InChI is InChI=1S/C27H24N2O5/c1-32-21-11-8-19(9-12-21)24-16-25(34-17-27(31)33-2)22-15-20(10-13-23(22)29-24)28-26(30)14-18-6-4-3-5-7-18/h3-13,15-16H,14,17H2,1-2H3,(H,28,30). The SMILES string of the molecule is COC(=O)COc1cc(-c2ccc(OC)cc2)nc2ccc(NC(=O)Cc3ccccc3)cc12. The summed E-state index contributed by atoms with van der Waals surface area (Å²) in [6, 6.07) is 24.2. The first-order valence-corrected chi connectivity index (χ1v) is 10.7. The number of methoxy groups -OCH3 is 2. The predicted molar refractivity (Wildman–Crippen MR) is 130 cm³/mol. The number of benzene rings is 3. The summed E-state index contributed by atoms with van der Waals surface area (Å²) >= 11 is 0. The number of carbonyl (C=O) groups is 2. The van der Waals surface area contributed by atoms with Crippen molar-refractivity contribution < 1.29 is 23.8 Å². The van der Waals surface area contributed by atoms with Crippen molar-refractivity contribution in [3.8, 4) is 22.8 Å². The van der Waals surface area contributed by atoms with E-state index in [0.29, 0.717) is 28.0 Å². The second-order valence-electron chi connectivity index (χ2n) is 7.54. The summed E-state index contributed by atoms with van der Waals surface area (Å²) in [5.74, 6) is 0.566. The van der Waals surface area contributed by atoms with Crippen LogP contribution in [0, 0.1) is 0 Å². The average Bonchev–Trinajstić information content (AvgIpc) is 2.87. The van der Waals surface area contributed by atoms with Crippen molar-refractivity contribution in [1.82, 2.24) is 4.98 Å². The summed E-state index contributed by atoms with van der Waals surface area (Å²) < 4.78 is 15.7. The van der Waals surface area contributed by atoms with E-state index >= 15 is 0 Å². The number of aromatic nitrogens is 1. The molecule has 0 aliphatic heterocycles. The van der Waals surface area contributed by atoms with E-state index in [1.807, 2.05) is 60.7 Å². The highest BCUT2D eigenvalue weighted by Crippen LogP contribution is 2.32. The Hall–Kier alpha value is -4.39. The third-order valence-corrected chi connectivity index (χ3v) is 5.22. The second-order valence-corrected chi connectivity index (χ2v) is 7.54. The maximum Gasteiger partial charge on any atom is 0.343 e. The molecule has 34 heavy (non-hydrogen) atoms. The van der Waals surface area contributed by atoms with Gasteiger partial charge in [0.1, 0.15) is 11.5 Å². The number of anilines is 1. The minimum absolute atomic E-state index is 0.134. The van der Waals surface area contributed by atoms with E-state index in [0.717, 1.165) is 16.9 Å². The predicted octanol–water partition coefficient (Wildman–Crippen LogP) is 4.64. The highest BCUT2D eigenvalue weighted by molar-refractivity contribution is 5.97. The third-order valence-electron chi connectivity index (χ3n) is 5.22. The molecule has 0 aliphatic carbocycles. The summed E-state index contributed by atoms with van der Waals surface area (Å²) in [6.07, 6.45) is 0.263. The Labute approximate surface area is 197 Å². The molecule has 4 aromatic rings. The molecule has 1 heterocycles. The number of carbonyl (C=O) groups excluding carboxylic acids is 2. The van der Waals surface area contributed by atoms with E-state index in [1.54, 1.807) is 25.3 Å². The molecule has 0 saturated carbocycles. The Bertz CT molecular complexity index is 1300. The third kappa shape index (κ3) is 5.50. The van der Waals surface area contributed by atoms with Crippen LogP contribution in [0.3, 0.4) is 0 Å². The topological polar surface area (TPSA) is 86.8 Å². The summed E-state index contributed by atoms with van der Waals surface area (Å²) in [6.45, 7) is -0.248. The lowest BCUT2D eigenvalue weighted by Gasteiger charge is -2.13. The molecule has 1 N–H and O–H groups in total. The Morgan fingerprint density at radius 3 is 2.38 bits per heavy atom. The van der Waals surface area contributed by atoms with Crippen LogP contribution in [0.5, 0.6) is 11.5 Å². The lowest BCUT2D eigenvalue weighted by molar-refractivity contribution is -0.142. The van der Waals surface area contributed by atoms with Gasteiger partial charge in [-0.15, -0.1) is 0 Å². The molecule has 0 spiro atoms. The Morgan fingerprint density at radius 2 is 1.68 bits per heavy atom. The number of fused-ring (bicyclic) bond motifs is 1. The van der Waals surface area contributed by atoms with Crippen LogP contribution in [0.15, 0.2) is 78.9 Å². The number of esters is 1. The Balaban J connectivity index is 1.65. The fourth-order valence-electron chi connectivity index (χ4n) is 3.48. The highest BCUT2D eigenvalue weighted by atomic mass is 16.6. The molecule has 7 nitrogen and oxygen atoms in total. The molecule has 1 amide bonds. The van der Waals surface area contributed by atoms with E-state index < -0.39 is 5.97 Å². The Morgan fingerprint density at radius 1 is 0.912 bits per heavy atom. The molecule has 3 aromatic carbocycles. The first-order chi connectivity index (χ1) is 16.6.